The summed E-state index contributed by atoms with van der Waals surface area (Å²) >= 11 is 0. The van der Waals surface area contributed by atoms with Gasteiger partial charge in [0.15, 0.2) is 5.82 Å². The molecule has 3 heterocycles. The number of hydrogen-bond acceptors (Lipinski definition) is 4. The molecule has 0 aliphatic rings. The van der Waals surface area contributed by atoms with E-state index in [0.29, 0.717) is 5.82 Å². The van der Waals surface area contributed by atoms with Crippen molar-refractivity contribution in [1.82, 2.24) is 24.5 Å². The highest BCUT2D eigenvalue weighted by Gasteiger charge is 2.23. The first kappa shape index (κ1) is 41.6. The van der Waals surface area contributed by atoms with Gasteiger partial charge in [-0.05, 0) is 57.5 Å². The van der Waals surface area contributed by atoms with E-state index in [0.717, 1.165) is 123 Å². The standard InChI is InChI=1S/C66H43N5/c1-6-18-44(19-7-1)46-30-36-49(37-31-46)61-59(62(69-65(68-61)52-22-10-3-11-23-52)50-38-32-47(33-39-50)45-20-8-2-9-21-45)48-34-40-51(41-35-48)63-60-56(55-28-16-17-29-57(55)67-63)42-43-58-64(60)70-66(53-24-12-4-13-25-53)71(58)54-26-14-5-15-27-54/h1-43H. The van der Waals surface area contributed by atoms with Crippen LogP contribution in [-0.4, -0.2) is 24.5 Å². The van der Waals surface area contributed by atoms with Gasteiger partial charge in [-0.15, -0.1) is 0 Å². The highest BCUT2D eigenvalue weighted by atomic mass is 15.1. The number of benzene rings is 10. The molecule has 0 aliphatic carbocycles. The molecular formula is C66H43N5. The molecule has 0 atom stereocenters. The lowest BCUT2D eigenvalue weighted by Gasteiger charge is -2.18. The van der Waals surface area contributed by atoms with Gasteiger partial charge in [0.1, 0.15) is 5.82 Å². The number of aromatic nitrogens is 5. The first-order chi connectivity index (χ1) is 35.2. The molecule has 5 heteroatoms. The highest BCUT2D eigenvalue weighted by Crippen LogP contribution is 2.44. The van der Waals surface area contributed by atoms with E-state index in [9.17, 15) is 0 Å². The maximum Gasteiger partial charge on any atom is 0.160 e. The maximum atomic E-state index is 5.53. The van der Waals surface area contributed by atoms with Crippen LogP contribution in [0.15, 0.2) is 261 Å². The smallest absolute Gasteiger partial charge is 0.160 e. The summed E-state index contributed by atoms with van der Waals surface area (Å²) in [7, 11) is 0. The van der Waals surface area contributed by atoms with Crippen molar-refractivity contribution < 1.29 is 0 Å². The Hall–Kier alpha value is -9.58. The van der Waals surface area contributed by atoms with Crippen molar-refractivity contribution in [2.24, 2.45) is 0 Å². The monoisotopic (exact) mass is 905 g/mol. The third kappa shape index (κ3) is 7.63. The first-order valence-corrected chi connectivity index (χ1v) is 24.0. The Morgan fingerprint density at radius 3 is 1.24 bits per heavy atom. The number of para-hydroxylation sites is 2. The zero-order chi connectivity index (χ0) is 47.1. The molecule has 3 aromatic heterocycles. The number of hydrogen-bond donors (Lipinski definition) is 0. The number of fused-ring (bicyclic) bond motifs is 5. The van der Waals surface area contributed by atoms with Crippen molar-refractivity contribution in [3.63, 3.8) is 0 Å². The summed E-state index contributed by atoms with van der Waals surface area (Å²) in [5, 5.41) is 3.20. The zero-order valence-corrected chi connectivity index (χ0v) is 38.6. The van der Waals surface area contributed by atoms with Crippen LogP contribution in [0.5, 0.6) is 0 Å². The van der Waals surface area contributed by atoms with Crippen molar-refractivity contribution >= 4 is 32.7 Å². The fraction of sp³-hybridized carbons (Fsp3) is 0. The maximum absolute atomic E-state index is 5.53. The molecule has 0 aliphatic heterocycles. The topological polar surface area (TPSA) is 56.5 Å². The van der Waals surface area contributed by atoms with Crippen LogP contribution in [0, 0.1) is 0 Å². The summed E-state index contributed by atoms with van der Waals surface area (Å²) in [6.45, 7) is 0. The van der Waals surface area contributed by atoms with E-state index in [2.05, 4.69) is 241 Å². The van der Waals surface area contributed by atoms with Crippen LogP contribution >= 0.6 is 0 Å². The van der Waals surface area contributed by atoms with Gasteiger partial charge >= 0.3 is 0 Å². The Balaban J connectivity index is 1.03. The van der Waals surface area contributed by atoms with Gasteiger partial charge in [-0.25, -0.2) is 19.9 Å². The Kier molecular flexibility index (Phi) is 10.4. The number of rotatable bonds is 9. The molecule has 0 amide bonds. The van der Waals surface area contributed by atoms with E-state index in [4.69, 9.17) is 19.9 Å². The second-order valence-corrected chi connectivity index (χ2v) is 17.8. The molecule has 0 bridgehead atoms. The zero-order valence-electron chi connectivity index (χ0n) is 38.6. The van der Waals surface area contributed by atoms with Gasteiger partial charge < -0.3 is 0 Å². The minimum absolute atomic E-state index is 0.663. The second-order valence-electron chi connectivity index (χ2n) is 17.8. The molecule has 5 nitrogen and oxygen atoms in total. The number of imidazole rings is 1. The molecule has 71 heavy (non-hydrogen) atoms. The summed E-state index contributed by atoms with van der Waals surface area (Å²) in [6, 6.07) is 91.4. The lowest BCUT2D eigenvalue weighted by molar-refractivity contribution is 1.10. The highest BCUT2D eigenvalue weighted by molar-refractivity contribution is 6.20. The fourth-order valence-electron chi connectivity index (χ4n) is 9.98. The van der Waals surface area contributed by atoms with Crippen molar-refractivity contribution in [3.8, 4) is 95.6 Å². The lowest BCUT2D eigenvalue weighted by Crippen LogP contribution is -2.01. The third-order valence-corrected chi connectivity index (χ3v) is 13.5. The second kappa shape index (κ2) is 17.8. The summed E-state index contributed by atoms with van der Waals surface area (Å²) in [5.41, 5.74) is 18.0. The largest absolute Gasteiger partial charge is 0.292 e. The normalized spacial score (nSPS) is 11.4. The Bertz CT molecular complexity index is 3920. The van der Waals surface area contributed by atoms with Crippen molar-refractivity contribution in [1.29, 1.82) is 0 Å². The van der Waals surface area contributed by atoms with E-state index < -0.39 is 0 Å². The predicted octanol–water partition coefficient (Wildman–Crippen LogP) is 16.9. The predicted molar refractivity (Wildman–Crippen MR) is 293 cm³/mol. The van der Waals surface area contributed by atoms with Crippen LogP contribution in [0.4, 0.5) is 0 Å². The SMILES string of the molecule is c1ccc(-c2ccc(-c3nc(-c4ccccc4)nc(-c4ccc(-c5ccccc5)cc4)c3-c3ccc(-c4nc5ccccc5c5ccc6c(nc(-c7ccccc7)n6-c6ccccc6)c45)cc3)cc2)cc1. The van der Waals surface area contributed by atoms with Gasteiger partial charge in [0.05, 0.1) is 33.6 Å². The van der Waals surface area contributed by atoms with Gasteiger partial charge in [0.25, 0.3) is 0 Å². The number of nitrogens with zero attached hydrogens (tertiary/aromatic N) is 5. The van der Waals surface area contributed by atoms with Gasteiger partial charge in [-0.2, -0.15) is 0 Å². The quantitative estimate of drug-likeness (QED) is 0.135. The summed E-state index contributed by atoms with van der Waals surface area (Å²) in [4.78, 5) is 21.9. The Labute approximate surface area is 411 Å². The molecule has 13 rings (SSSR count). The van der Waals surface area contributed by atoms with Crippen LogP contribution in [0.25, 0.3) is 128 Å². The van der Waals surface area contributed by atoms with E-state index in [-0.39, 0.29) is 0 Å². The number of pyridine rings is 1. The molecule has 0 fully saturated rings. The van der Waals surface area contributed by atoms with Crippen LogP contribution in [-0.2, 0) is 0 Å². The van der Waals surface area contributed by atoms with Crippen LogP contribution in [0.3, 0.4) is 0 Å². The molecule has 10 aromatic carbocycles. The van der Waals surface area contributed by atoms with E-state index in [1.807, 2.05) is 24.3 Å². The van der Waals surface area contributed by atoms with Crippen LogP contribution < -0.4 is 0 Å². The molecule has 0 radical (unpaired) electrons. The minimum Gasteiger partial charge on any atom is -0.292 e. The van der Waals surface area contributed by atoms with Crippen LogP contribution in [0.2, 0.25) is 0 Å². The molecule has 0 N–H and O–H groups in total. The Morgan fingerprint density at radius 2 is 0.690 bits per heavy atom. The van der Waals surface area contributed by atoms with Gasteiger partial charge in [-0.1, -0.05) is 237 Å². The van der Waals surface area contributed by atoms with E-state index >= 15 is 0 Å². The minimum atomic E-state index is 0.663. The average Bonchev–Trinajstić information content (AvgIpc) is 3.86. The van der Waals surface area contributed by atoms with Gasteiger partial charge in [0, 0.05) is 49.8 Å². The van der Waals surface area contributed by atoms with Crippen molar-refractivity contribution in [3.05, 3.63) is 261 Å². The van der Waals surface area contributed by atoms with Crippen molar-refractivity contribution in [2.75, 3.05) is 0 Å². The van der Waals surface area contributed by atoms with E-state index in [1.54, 1.807) is 0 Å². The van der Waals surface area contributed by atoms with Gasteiger partial charge in [-0.3, -0.25) is 4.57 Å². The van der Waals surface area contributed by atoms with Crippen molar-refractivity contribution in [2.45, 2.75) is 0 Å². The lowest BCUT2D eigenvalue weighted by atomic mass is 9.91. The molecule has 332 valence electrons. The van der Waals surface area contributed by atoms with E-state index in [1.165, 1.54) is 0 Å². The average molecular weight is 906 g/mol. The molecule has 0 saturated carbocycles. The Morgan fingerprint density at radius 1 is 0.268 bits per heavy atom. The van der Waals surface area contributed by atoms with Gasteiger partial charge in [0.2, 0.25) is 0 Å². The summed E-state index contributed by atoms with van der Waals surface area (Å²) < 4.78 is 2.27. The first-order valence-electron chi connectivity index (χ1n) is 24.0. The summed E-state index contributed by atoms with van der Waals surface area (Å²) in [5.74, 6) is 1.54. The molecular weight excluding hydrogens is 863 g/mol. The van der Waals surface area contributed by atoms with Crippen LogP contribution in [0.1, 0.15) is 0 Å². The molecule has 13 aromatic rings. The molecule has 0 unspecified atom stereocenters. The molecule has 0 saturated heterocycles. The third-order valence-electron chi connectivity index (χ3n) is 13.5. The fourth-order valence-corrected chi connectivity index (χ4v) is 9.98. The molecule has 0 spiro atoms. The summed E-state index contributed by atoms with van der Waals surface area (Å²) in [6.07, 6.45) is 0.